The summed E-state index contributed by atoms with van der Waals surface area (Å²) in [4.78, 5) is 4.64. The van der Waals surface area contributed by atoms with E-state index in [1.165, 1.54) is 6.07 Å². The highest BCUT2D eigenvalue weighted by molar-refractivity contribution is 5.77. The summed E-state index contributed by atoms with van der Waals surface area (Å²) in [7, 11) is 0. The minimum Gasteiger partial charge on any atom is -0.330 e. The van der Waals surface area contributed by atoms with Crippen LogP contribution in [0.15, 0.2) is 18.2 Å². The number of imidazole rings is 1. The van der Waals surface area contributed by atoms with Crippen molar-refractivity contribution in [1.82, 2.24) is 9.55 Å². The van der Waals surface area contributed by atoms with Crippen molar-refractivity contribution in [3.8, 4) is 0 Å². The molecular weight excluding hydrogens is 265 g/mol. The van der Waals surface area contributed by atoms with Crippen molar-refractivity contribution < 1.29 is 4.39 Å². The molecule has 0 aliphatic heterocycles. The number of rotatable bonds is 4. The van der Waals surface area contributed by atoms with E-state index in [2.05, 4.69) is 30.3 Å². The first-order valence-electron chi connectivity index (χ1n) is 7.77. The molecule has 1 saturated carbocycles. The average molecular weight is 289 g/mol. The SMILES string of the molecule is CC(C)(C)CC(CN)c1nc2c(F)cccc2n1C1CC1. The lowest BCUT2D eigenvalue weighted by Gasteiger charge is -2.25. The van der Waals surface area contributed by atoms with E-state index in [0.717, 1.165) is 30.6 Å². The van der Waals surface area contributed by atoms with E-state index in [-0.39, 0.29) is 17.2 Å². The molecule has 1 fully saturated rings. The Kier molecular flexibility index (Phi) is 3.52. The highest BCUT2D eigenvalue weighted by atomic mass is 19.1. The molecular formula is C17H24FN3. The maximum absolute atomic E-state index is 14.1. The largest absolute Gasteiger partial charge is 0.330 e. The molecule has 1 aliphatic rings. The maximum Gasteiger partial charge on any atom is 0.151 e. The zero-order valence-electron chi connectivity index (χ0n) is 13.1. The van der Waals surface area contributed by atoms with Gasteiger partial charge in [-0.25, -0.2) is 9.37 Å². The molecule has 3 rings (SSSR count). The Bertz CT molecular complexity index is 650. The van der Waals surface area contributed by atoms with Crippen LogP contribution in [0.25, 0.3) is 11.0 Å². The second-order valence-electron chi connectivity index (χ2n) is 7.38. The predicted molar refractivity (Wildman–Crippen MR) is 83.8 cm³/mol. The number of fused-ring (bicyclic) bond motifs is 1. The summed E-state index contributed by atoms with van der Waals surface area (Å²) >= 11 is 0. The van der Waals surface area contributed by atoms with Crippen LogP contribution in [0.1, 0.15) is 57.8 Å². The number of hydrogen-bond donors (Lipinski definition) is 1. The molecule has 1 aromatic carbocycles. The van der Waals surface area contributed by atoms with E-state index in [0.29, 0.717) is 18.1 Å². The van der Waals surface area contributed by atoms with Crippen LogP contribution in [-0.4, -0.2) is 16.1 Å². The van der Waals surface area contributed by atoms with Crippen LogP contribution in [0, 0.1) is 11.2 Å². The minimum absolute atomic E-state index is 0.176. The number of benzene rings is 1. The summed E-state index contributed by atoms with van der Waals surface area (Å²) in [5, 5.41) is 0. The second-order valence-corrected chi connectivity index (χ2v) is 7.38. The van der Waals surface area contributed by atoms with Crippen LogP contribution < -0.4 is 5.73 Å². The molecule has 21 heavy (non-hydrogen) atoms. The zero-order valence-corrected chi connectivity index (χ0v) is 13.1. The van der Waals surface area contributed by atoms with Gasteiger partial charge in [0.15, 0.2) is 5.82 Å². The summed E-state index contributed by atoms with van der Waals surface area (Å²) in [6, 6.07) is 5.69. The fourth-order valence-corrected chi connectivity index (χ4v) is 3.12. The van der Waals surface area contributed by atoms with Crippen LogP contribution >= 0.6 is 0 Å². The predicted octanol–water partition coefficient (Wildman–Crippen LogP) is 3.99. The van der Waals surface area contributed by atoms with Crippen molar-refractivity contribution in [2.24, 2.45) is 11.1 Å². The Morgan fingerprint density at radius 2 is 2.10 bits per heavy atom. The lowest BCUT2D eigenvalue weighted by Crippen LogP contribution is -2.22. The molecule has 1 unspecified atom stereocenters. The average Bonchev–Trinajstić information content (AvgIpc) is 3.16. The Hall–Kier alpha value is -1.42. The van der Waals surface area contributed by atoms with Crippen LogP contribution in [-0.2, 0) is 0 Å². The van der Waals surface area contributed by atoms with E-state index in [9.17, 15) is 4.39 Å². The van der Waals surface area contributed by atoms with Crippen molar-refractivity contribution in [3.05, 3.63) is 29.8 Å². The Balaban J connectivity index is 2.12. The number of nitrogens with two attached hydrogens (primary N) is 1. The van der Waals surface area contributed by atoms with E-state index in [1.807, 2.05) is 6.07 Å². The van der Waals surface area contributed by atoms with E-state index in [4.69, 9.17) is 5.73 Å². The van der Waals surface area contributed by atoms with E-state index >= 15 is 0 Å². The monoisotopic (exact) mass is 289 g/mol. The van der Waals surface area contributed by atoms with Gasteiger partial charge in [0.2, 0.25) is 0 Å². The molecule has 114 valence electrons. The molecule has 2 aromatic rings. The van der Waals surface area contributed by atoms with Crippen molar-refractivity contribution >= 4 is 11.0 Å². The number of halogens is 1. The highest BCUT2D eigenvalue weighted by Gasteiger charge is 2.32. The van der Waals surface area contributed by atoms with Gasteiger partial charge >= 0.3 is 0 Å². The van der Waals surface area contributed by atoms with Crippen LogP contribution in [0.4, 0.5) is 4.39 Å². The fraction of sp³-hybridized carbons (Fsp3) is 0.588. The lowest BCUT2D eigenvalue weighted by atomic mass is 9.84. The molecule has 0 bridgehead atoms. The van der Waals surface area contributed by atoms with Crippen molar-refractivity contribution in [1.29, 1.82) is 0 Å². The third-order valence-corrected chi connectivity index (χ3v) is 4.12. The van der Waals surface area contributed by atoms with E-state index < -0.39 is 0 Å². The van der Waals surface area contributed by atoms with Gasteiger partial charge in [-0.2, -0.15) is 0 Å². The molecule has 1 aliphatic carbocycles. The molecule has 0 amide bonds. The van der Waals surface area contributed by atoms with Crippen LogP contribution in [0.3, 0.4) is 0 Å². The quantitative estimate of drug-likeness (QED) is 0.925. The summed E-state index contributed by atoms with van der Waals surface area (Å²) in [5.74, 6) is 0.909. The Labute approximate surface area is 125 Å². The summed E-state index contributed by atoms with van der Waals surface area (Å²) in [6.45, 7) is 7.18. The first-order chi connectivity index (χ1) is 9.90. The molecule has 2 N–H and O–H groups in total. The Morgan fingerprint density at radius 1 is 1.38 bits per heavy atom. The number of para-hydroxylation sites is 1. The van der Waals surface area contributed by atoms with Gasteiger partial charge < -0.3 is 10.3 Å². The van der Waals surface area contributed by atoms with Gasteiger partial charge in [-0.05, 0) is 36.8 Å². The van der Waals surface area contributed by atoms with Gasteiger partial charge in [0.25, 0.3) is 0 Å². The molecule has 1 atom stereocenters. The summed E-state index contributed by atoms with van der Waals surface area (Å²) in [5.41, 5.74) is 7.60. The van der Waals surface area contributed by atoms with Gasteiger partial charge in [-0.3, -0.25) is 0 Å². The topological polar surface area (TPSA) is 43.8 Å². The Morgan fingerprint density at radius 3 is 2.67 bits per heavy atom. The van der Waals surface area contributed by atoms with Gasteiger partial charge in [0.1, 0.15) is 11.3 Å². The number of hydrogen-bond acceptors (Lipinski definition) is 2. The summed E-state index contributed by atoms with van der Waals surface area (Å²) in [6.07, 6.45) is 3.27. The standard InChI is InChI=1S/C17H24FN3/c1-17(2,3)9-11(10-19)16-20-15-13(18)5-4-6-14(15)21(16)12-7-8-12/h4-6,11-12H,7-10,19H2,1-3H3. The highest BCUT2D eigenvalue weighted by Crippen LogP contribution is 2.42. The smallest absolute Gasteiger partial charge is 0.151 e. The first-order valence-corrected chi connectivity index (χ1v) is 7.77. The molecule has 0 spiro atoms. The molecule has 1 heterocycles. The maximum atomic E-state index is 14.1. The third-order valence-electron chi connectivity index (χ3n) is 4.12. The molecule has 0 saturated heterocycles. The molecule has 0 radical (unpaired) electrons. The third kappa shape index (κ3) is 2.82. The van der Waals surface area contributed by atoms with Crippen molar-refractivity contribution in [2.45, 2.75) is 52.0 Å². The number of aromatic nitrogens is 2. The fourth-order valence-electron chi connectivity index (χ4n) is 3.12. The number of nitrogens with zero attached hydrogens (tertiary/aromatic N) is 2. The lowest BCUT2D eigenvalue weighted by molar-refractivity contribution is 0.332. The second kappa shape index (κ2) is 5.09. The normalized spacial score (nSPS) is 17.4. The van der Waals surface area contributed by atoms with Crippen molar-refractivity contribution in [2.75, 3.05) is 6.54 Å². The van der Waals surface area contributed by atoms with Gasteiger partial charge in [-0.1, -0.05) is 26.8 Å². The van der Waals surface area contributed by atoms with Gasteiger partial charge in [-0.15, -0.1) is 0 Å². The molecule has 3 nitrogen and oxygen atoms in total. The molecule has 1 aromatic heterocycles. The zero-order chi connectivity index (χ0) is 15.2. The van der Waals surface area contributed by atoms with Crippen LogP contribution in [0.5, 0.6) is 0 Å². The minimum atomic E-state index is -0.236. The van der Waals surface area contributed by atoms with Crippen LogP contribution in [0.2, 0.25) is 0 Å². The first kappa shape index (κ1) is 14.5. The molecule has 4 heteroatoms. The van der Waals surface area contributed by atoms with E-state index in [1.54, 1.807) is 6.07 Å². The van der Waals surface area contributed by atoms with Crippen molar-refractivity contribution in [3.63, 3.8) is 0 Å². The van der Waals surface area contributed by atoms with Gasteiger partial charge in [0, 0.05) is 18.5 Å². The summed E-state index contributed by atoms with van der Waals surface area (Å²) < 4.78 is 16.3. The van der Waals surface area contributed by atoms with Gasteiger partial charge in [0.05, 0.1) is 5.52 Å².